The number of ether oxygens (including phenoxy) is 1. The van der Waals surface area contributed by atoms with E-state index < -0.39 is 33.7 Å². The van der Waals surface area contributed by atoms with Gasteiger partial charge in [-0.05, 0) is 32.3 Å². The molecule has 0 saturated carbocycles. The van der Waals surface area contributed by atoms with E-state index in [0.717, 1.165) is 10.0 Å². The summed E-state index contributed by atoms with van der Waals surface area (Å²) in [4.78, 5) is 12.7. The lowest BCUT2D eigenvalue weighted by atomic mass is 10.1. The van der Waals surface area contributed by atoms with Crippen molar-refractivity contribution in [2.45, 2.75) is 17.6 Å². The SMILES string of the molecule is CN(C)Cc1c(OC(=O)C(F)(F)F)c(F)cc2c1ccn2S(=O)(=O)c1ccccc1. The van der Waals surface area contributed by atoms with Gasteiger partial charge in [0, 0.05) is 29.8 Å². The minimum absolute atomic E-state index is 0.0513. The summed E-state index contributed by atoms with van der Waals surface area (Å²) in [6.07, 6.45) is -4.15. The number of carbonyl (C=O) groups excluding carboxylic acids is 1. The highest BCUT2D eigenvalue weighted by molar-refractivity contribution is 7.90. The molecule has 11 heteroatoms. The second kappa shape index (κ2) is 7.73. The minimum Gasteiger partial charge on any atom is -0.416 e. The molecule has 0 unspecified atom stereocenters. The van der Waals surface area contributed by atoms with Gasteiger partial charge in [0.25, 0.3) is 10.0 Å². The lowest BCUT2D eigenvalue weighted by Gasteiger charge is -2.17. The summed E-state index contributed by atoms with van der Waals surface area (Å²) in [7, 11) is -0.948. The van der Waals surface area contributed by atoms with Crippen LogP contribution in [0.5, 0.6) is 5.75 Å². The third-order valence-corrected chi connectivity index (χ3v) is 5.87. The Labute approximate surface area is 169 Å². The molecule has 0 amide bonds. The zero-order valence-electron chi connectivity index (χ0n) is 15.8. The number of alkyl halides is 3. The van der Waals surface area contributed by atoms with Gasteiger partial charge in [0.2, 0.25) is 0 Å². The fourth-order valence-electron chi connectivity index (χ4n) is 2.92. The first-order chi connectivity index (χ1) is 13.9. The van der Waals surface area contributed by atoms with Crippen molar-refractivity contribution in [3.8, 4) is 5.75 Å². The number of fused-ring (bicyclic) bond motifs is 1. The van der Waals surface area contributed by atoms with Gasteiger partial charge in [-0.15, -0.1) is 0 Å². The number of benzene rings is 2. The maximum atomic E-state index is 14.8. The Bertz CT molecular complexity index is 1200. The molecule has 0 N–H and O–H groups in total. The average molecular weight is 444 g/mol. The molecule has 1 aromatic heterocycles. The number of esters is 1. The highest BCUT2D eigenvalue weighted by Crippen LogP contribution is 2.35. The molecular formula is C19H16F4N2O4S. The monoisotopic (exact) mass is 444 g/mol. The van der Waals surface area contributed by atoms with Crippen LogP contribution in [-0.2, 0) is 21.4 Å². The van der Waals surface area contributed by atoms with E-state index in [-0.39, 0.29) is 27.9 Å². The Morgan fingerprint density at radius 3 is 2.33 bits per heavy atom. The summed E-state index contributed by atoms with van der Waals surface area (Å²) >= 11 is 0. The molecule has 1 heterocycles. The van der Waals surface area contributed by atoms with Gasteiger partial charge in [0.15, 0.2) is 11.6 Å². The number of halogens is 4. The van der Waals surface area contributed by atoms with Crippen molar-refractivity contribution in [3.05, 3.63) is 60.0 Å². The Morgan fingerprint density at radius 1 is 1.13 bits per heavy atom. The quantitative estimate of drug-likeness (QED) is 0.342. The highest BCUT2D eigenvalue weighted by Gasteiger charge is 2.42. The summed E-state index contributed by atoms with van der Waals surface area (Å²) < 4.78 is 83.7. The van der Waals surface area contributed by atoms with Crippen LogP contribution in [0, 0.1) is 5.82 Å². The Kier molecular flexibility index (Phi) is 5.61. The molecule has 2 aromatic carbocycles. The summed E-state index contributed by atoms with van der Waals surface area (Å²) in [5.74, 6) is -4.76. The fourth-order valence-corrected chi connectivity index (χ4v) is 4.28. The van der Waals surface area contributed by atoms with E-state index in [9.17, 15) is 30.8 Å². The number of nitrogens with zero attached hydrogens (tertiary/aromatic N) is 2. The van der Waals surface area contributed by atoms with Crippen LogP contribution >= 0.6 is 0 Å². The molecule has 0 aliphatic heterocycles. The normalized spacial score (nSPS) is 12.5. The summed E-state index contributed by atoms with van der Waals surface area (Å²) in [5, 5.41) is 0.134. The molecular weight excluding hydrogens is 428 g/mol. The fraction of sp³-hybridized carbons (Fsp3) is 0.211. The molecule has 160 valence electrons. The third-order valence-electron chi connectivity index (χ3n) is 4.17. The standard InChI is InChI=1S/C19H16F4N2O4S/c1-24(2)11-14-13-8-9-25(30(27,28)12-6-4-3-5-7-12)16(13)10-15(20)17(14)29-18(26)19(21,22)23/h3-10H,11H2,1-2H3. The van der Waals surface area contributed by atoms with Crippen LogP contribution in [0.25, 0.3) is 10.9 Å². The van der Waals surface area contributed by atoms with E-state index in [1.54, 1.807) is 20.2 Å². The van der Waals surface area contributed by atoms with Crippen LogP contribution in [0.3, 0.4) is 0 Å². The zero-order valence-corrected chi connectivity index (χ0v) is 16.6. The maximum absolute atomic E-state index is 14.8. The Morgan fingerprint density at radius 2 is 1.77 bits per heavy atom. The molecule has 0 radical (unpaired) electrons. The van der Waals surface area contributed by atoms with Gasteiger partial charge < -0.3 is 9.64 Å². The summed E-state index contributed by atoms with van der Waals surface area (Å²) in [6.45, 7) is -0.107. The lowest BCUT2D eigenvalue weighted by molar-refractivity contribution is -0.189. The molecule has 30 heavy (non-hydrogen) atoms. The van der Waals surface area contributed by atoms with Gasteiger partial charge in [0.05, 0.1) is 10.4 Å². The molecule has 0 bridgehead atoms. The summed E-state index contributed by atoms with van der Waals surface area (Å²) in [6, 6.07) is 9.43. The second-order valence-electron chi connectivity index (χ2n) is 6.65. The minimum atomic E-state index is -5.32. The second-order valence-corrected chi connectivity index (χ2v) is 8.47. The maximum Gasteiger partial charge on any atom is 0.491 e. The Balaban J connectivity index is 2.23. The Hall–Kier alpha value is -2.92. The molecule has 0 aliphatic rings. The van der Waals surface area contributed by atoms with E-state index >= 15 is 0 Å². The van der Waals surface area contributed by atoms with Crippen molar-refractivity contribution >= 4 is 26.9 Å². The largest absolute Gasteiger partial charge is 0.491 e. The molecule has 3 aromatic rings. The van der Waals surface area contributed by atoms with Crippen molar-refractivity contribution in [3.63, 3.8) is 0 Å². The van der Waals surface area contributed by atoms with Crippen LogP contribution in [-0.4, -0.2) is 43.5 Å². The van der Waals surface area contributed by atoms with E-state index in [0.29, 0.717) is 0 Å². The number of hydrogen-bond acceptors (Lipinski definition) is 5. The van der Waals surface area contributed by atoms with Crippen LogP contribution in [0.4, 0.5) is 17.6 Å². The first kappa shape index (κ1) is 21.8. The molecule has 0 aliphatic carbocycles. The number of carbonyl (C=O) groups is 1. The van der Waals surface area contributed by atoms with Crippen molar-refractivity contribution in [1.82, 2.24) is 8.87 Å². The molecule has 0 spiro atoms. The van der Waals surface area contributed by atoms with Gasteiger partial charge in [-0.3, -0.25) is 0 Å². The van der Waals surface area contributed by atoms with Gasteiger partial charge in [-0.2, -0.15) is 13.2 Å². The third kappa shape index (κ3) is 4.03. The van der Waals surface area contributed by atoms with Gasteiger partial charge >= 0.3 is 12.1 Å². The van der Waals surface area contributed by atoms with E-state index in [1.165, 1.54) is 41.4 Å². The van der Waals surface area contributed by atoms with Crippen molar-refractivity contribution in [2.75, 3.05) is 14.1 Å². The lowest BCUT2D eigenvalue weighted by Crippen LogP contribution is -2.29. The molecule has 0 saturated heterocycles. The zero-order chi connectivity index (χ0) is 22.3. The molecule has 0 atom stereocenters. The van der Waals surface area contributed by atoms with E-state index in [2.05, 4.69) is 4.74 Å². The average Bonchev–Trinajstić information content (AvgIpc) is 3.08. The van der Waals surface area contributed by atoms with Crippen LogP contribution in [0.2, 0.25) is 0 Å². The predicted molar refractivity (Wildman–Crippen MR) is 100 cm³/mol. The van der Waals surface area contributed by atoms with E-state index in [1.807, 2.05) is 0 Å². The van der Waals surface area contributed by atoms with Crippen molar-refractivity contribution in [2.24, 2.45) is 0 Å². The van der Waals surface area contributed by atoms with Gasteiger partial charge in [-0.1, -0.05) is 18.2 Å². The van der Waals surface area contributed by atoms with Crippen molar-refractivity contribution < 1.29 is 35.5 Å². The first-order valence-electron chi connectivity index (χ1n) is 8.49. The van der Waals surface area contributed by atoms with E-state index in [4.69, 9.17) is 0 Å². The first-order valence-corrected chi connectivity index (χ1v) is 9.93. The van der Waals surface area contributed by atoms with Crippen LogP contribution < -0.4 is 4.74 Å². The van der Waals surface area contributed by atoms with Gasteiger partial charge in [-0.25, -0.2) is 21.6 Å². The summed E-state index contributed by atoms with van der Waals surface area (Å²) in [5.41, 5.74) is -0.186. The topological polar surface area (TPSA) is 68.6 Å². The van der Waals surface area contributed by atoms with Gasteiger partial charge in [0.1, 0.15) is 0 Å². The highest BCUT2D eigenvalue weighted by atomic mass is 32.2. The van der Waals surface area contributed by atoms with Crippen LogP contribution in [0.15, 0.2) is 53.6 Å². The van der Waals surface area contributed by atoms with Crippen molar-refractivity contribution in [1.29, 1.82) is 0 Å². The van der Waals surface area contributed by atoms with Crippen LogP contribution in [0.1, 0.15) is 5.56 Å². The molecule has 0 fully saturated rings. The number of hydrogen-bond donors (Lipinski definition) is 0. The predicted octanol–water partition coefficient (Wildman–Crippen LogP) is 3.55. The smallest absolute Gasteiger partial charge is 0.416 e. The molecule has 6 nitrogen and oxygen atoms in total. The molecule has 3 rings (SSSR count). The number of rotatable bonds is 5. The number of aromatic nitrogens is 1.